The summed E-state index contributed by atoms with van der Waals surface area (Å²) in [6, 6.07) is 5.80. The van der Waals surface area contributed by atoms with E-state index in [1.54, 1.807) is 6.08 Å². The molecule has 61 valence electrons. The van der Waals surface area contributed by atoms with Crippen molar-refractivity contribution in [3.63, 3.8) is 0 Å². The second kappa shape index (κ2) is 2.89. The van der Waals surface area contributed by atoms with Crippen molar-refractivity contribution >= 4 is 6.08 Å². The second-order valence-electron chi connectivity index (χ2n) is 2.52. The first-order valence-corrected chi connectivity index (χ1v) is 3.75. The molecule has 0 N–H and O–H groups in total. The number of allylic oxidation sites excluding steroid dienone is 1. The van der Waals surface area contributed by atoms with E-state index in [9.17, 15) is 0 Å². The van der Waals surface area contributed by atoms with Gasteiger partial charge in [-0.1, -0.05) is 18.2 Å². The molecule has 2 nitrogen and oxygen atoms in total. The molecule has 0 amide bonds. The minimum Gasteiger partial charge on any atom is -0.454 e. The molecule has 12 heavy (non-hydrogen) atoms. The molecule has 1 radical (unpaired) electrons. The number of fused-ring (bicyclic) bond motifs is 1. The minimum atomic E-state index is 0.326. The highest BCUT2D eigenvalue weighted by molar-refractivity contribution is 5.56. The maximum Gasteiger partial charge on any atom is 0.231 e. The number of rotatable bonds is 1. The maximum atomic E-state index is 5.21. The zero-order chi connectivity index (χ0) is 8.39. The lowest BCUT2D eigenvalue weighted by Gasteiger charge is -1.96. The van der Waals surface area contributed by atoms with Crippen molar-refractivity contribution in [3.05, 3.63) is 36.8 Å². The van der Waals surface area contributed by atoms with Gasteiger partial charge in [-0.3, -0.25) is 0 Å². The van der Waals surface area contributed by atoms with Crippen LogP contribution < -0.4 is 9.47 Å². The Hall–Kier alpha value is -1.44. The van der Waals surface area contributed by atoms with Gasteiger partial charge >= 0.3 is 0 Å². The molecule has 0 bridgehead atoms. The molecule has 1 heterocycles. The zero-order valence-corrected chi connectivity index (χ0v) is 6.62. The Morgan fingerprint density at radius 2 is 2.08 bits per heavy atom. The largest absolute Gasteiger partial charge is 0.454 e. The fraction of sp³-hybridized carbons (Fsp3) is 0.100. The summed E-state index contributed by atoms with van der Waals surface area (Å²) >= 11 is 0. The SMILES string of the molecule is [CH2]/C=C/c1ccc2c(c1)OCO2. The summed E-state index contributed by atoms with van der Waals surface area (Å²) in [6.45, 7) is 3.95. The van der Waals surface area contributed by atoms with Gasteiger partial charge in [-0.15, -0.1) is 0 Å². The lowest BCUT2D eigenvalue weighted by atomic mass is 10.2. The number of benzene rings is 1. The van der Waals surface area contributed by atoms with Crippen molar-refractivity contribution in [2.75, 3.05) is 6.79 Å². The van der Waals surface area contributed by atoms with Crippen LogP contribution in [-0.2, 0) is 0 Å². The third kappa shape index (κ3) is 1.16. The first-order chi connectivity index (χ1) is 5.90. The predicted molar refractivity (Wildman–Crippen MR) is 47.0 cm³/mol. The molecule has 0 atom stereocenters. The van der Waals surface area contributed by atoms with Crippen LogP contribution in [-0.4, -0.2) is 6.79 Å². The molecule has 0 aliphatic carbocycles. The fourth-order valence-electron chi connectivity index (χ4n) is 1.15. The Morgan fingerprint density at radius 3 is 2.92 bits per heavy atom. The first kappa shape index (κ1) is 7.22. The van der Waals surface area contributed by atoms with Crippen LogP contribution in [0.5, 0.6) is 11.5 Å². The van der Waals surface area contributed by atoms with E-state index in [-0.39, 0.29) is 0 Å². The average Bonchev–Trinajstić information content (AvgIpc) is 2.51. The smallest absolute Gasteiger partial charge is 0.231 e. The summed E-state index contributed by atoms with van der Waals surface area (Å²) in [7, 11) is 0. The molecule has 1 aromatic rings. The molecule has 0 spiro atoms. The third-order valence-electron chi connectivity index (χ3n) is 1.71. The molecule has 0 fully saturated rings. The van der Waals surface area contributed by atoms with Crippen molar-refractivity contribution in [2.24, 2.45) is 0 Å². The standard InChI is InChI=1S/C10H9O2/c1-2-3-8-4-5-9-10(6-8)12-7-11-9/h2-6H,1,7H2/b3-2+. The number of hydrogen-bond donors (Lipinski definition) is 0. The van der Waals surface area contributed by atoms with Gasteiger partial charge in [0.2, 0.25) is 6.79 Å². The summed E-state index contributed by atoms with van der Waals surface area (Å²) in [4.78, 5) is 0. The van der Waals surface area contributed by atoms with Crippen LogP contribution >= 0.6 is 0 Å². The first-order valence-electron chi connectivity index (χ1n) is 3.75. The molecule has 1 aliphatic rings. The van der Waals surface area contributed by atoms with Crippen molar-refractivity contribution < 1.29 is 9.47 Å². The van der Waals surface area contributed by atoms with E-state index in [0.29, 0.717) is 6.79 Å². The van der Waals surface area contributed by atoms with Gasteiger partial charge < -0.3 is 9.47 Å². The molecule has 2 rings (SSSR count). The van der Waals surface area contributed by atoms with Crippen LogP contribution in [0.1, 0.15) is 5.56 Å². The molecule has 0 unspecified atom stereocenters. The molecular formula is C10H9O2. The summed E-state index contributed by atoms with van der Waals surface area (Å²) < 4.78 is 10.4. The van der Waals surface area contributed by atoms with Gasteiger partial charge in [0.1, 0.15) is 0 Å². The van der Waals surface area contributed by atoms with E-state index in [0.717, 1.165) is 17.1 Å². The fourth-order valence-corrected chi connectivity index (χ4v) is 1.15. The number of hydrogen-bond acceptors (Lipinski definition) is 2. The highest BCUT2D eigenvalue weighted by Crippen LogP contribution is 2.32. The summed E-state index contributed by atoms with van der Waals surface area (Å²) in [6.07, 6.45) is 3.67. The Kier molecular flexibility index (Phi) is 1.74. The van der Waals surface area contributed by atoms with Crippen LogP contribution in [0.2, 0.25) is 0 Å². The van der Waals surface area contributed by atoms with Crippen LogP contribution in [0.25, 0.3) is 6.08 Å². The van der Waals surface area contributed by atoms with Gasteiger partial charge in [0.25, 0.3) is 0 Å². The van der Waals surface area contributed by atoms with Crippen molar-refractivity contribution in [3.8, 4) is 11.5 Å². The molecule has 1 aliphatic heterocycles. The van der Waals surface area contributed by atoms with Crippen LogP contribution in [0.4, 0.5) is 0 Å². The van der Waals surface area contributed by atoms with E-state index in [2.05, 4.69) is 6.92 Å². The van der Waals surface area contributed by atoms with Gasteiger partial charge in [0.05, 0.1) is 0 Å². The molecule has 0 saturated carbocycles. The van der Waals surface area contributed by atoms with Gasteiger partial charge in [-0.25, -0.2) is 0 Å². The Morgan fingerprint density at radius 1 is 1.25 bits per heavy atom. The average molecular weight is 161 g/mol. The van der Waals surface area contributed by atoms with Crippen LogP contribution in [0.3, 0.4) is 0 Å². The van der Waals surface area contributed by atoms with Gasteiger partial charge in [-0.05, 0) is 24.6 Å². The van der Waals surface area contributed by atoms with E-state index < -0.39 is 0 Å². The Balaban J connectivity index is 2.38. The Labute approximate surface area is 71.4 Å². The quantitative estimate of drug-likeness (QED) is 0.629. The highest BCUT2D eigenvalue weighted by atomic mass is 16.7. The second-order valence-corrected chi connectivity index (χ2v) is 2.52. The van der Waals surface area contributed by atoms with Crippen molar-refractivity contribution in [1.29, 1.82) is 0 Å². The summed E-state index contributed by atoms with van der Waals surface area (Å²) in [5.41, 5.74) is 1.08. The lowest BCUT2D eigenvalue weighted by Crippen LogP contribution is -1.92. The van der Waals surface area contributed by atoms with Gasteiger partial charge in [0, 0.05) is 0 Å². The van der Waals surface area contributed by atoms with E-state index in [4.69, 9.17) is 9.47 Å². The monoisotopic (exact) mass is 161 g/mol. The predicted octanol–water partition coefficient (Wildman–Crippen LogP) is 2.26. The summed E-state index contributed by atoms with van der Waals surface area (Å²) in [5.74, 6) is 1.63. The minimum absolute atomic E-state index is 0.326. The molecule has 1 aromatic carbocycles. The zero-order valence-electron chi connectivity index (χ0n) is 6.62. The van der Waals surface area contributed by atoms with Crippen molar-refractivity contribution in [2.45, 2.75) is 0 Å². The number of ether oxygens (including phenoxy) is 2. The van der Waals surface area contributed by atoms with E-state index in [1.165, 1.54) is 0 Å². The van der Waals surface area contributed by atoms with E-state index >= 15 is 0 Å². The van der Waals surface area contributed by atoms with Crippen LogP contribution in [0.15, 0.2) is 24.3 Å². The lowest BCUT2D eigenvalue weighted by molar-refractivity contribution is 0.174. The van der Waals surface area contributed by atoms with Gasteiger partial charge in [0.15, 0.2) is 11.5 Å². The van der Waals surface area contributed by atoms with E-state index in [1.807, 2.05) is 24.3 Å². The van der Waals surface area contributed by atoms with Gasteiger partial charge in [-0.2, -0.15) is 0 Å². The molecule has 0 saturated heterocycles. The molecule has 0 aromatic heterocycles. The highest BCUT2D eigenvalue weighted by Gasteiger charge is 2.11. The third-order valence-corrected chi connectivity index (χ3v) is 1.71. The Bertz CT molecular complexity index is 316. The van der Waals surface area contributed by atoms with Crippen LogP contribution in [0, 0.1) is 6.92 Å². The summed E-state index contributed by atoms with van der Waals surface area (Å²) in [5, 5.41) is 0. The topological polar surface area (TPSA) is 18.5 Å². The molecular weight excluding hydrogens is 152 g/mol. The normalized spacial score (nSPS) is 14.1. The molecule has 2 heteroatoms. The van der Waals surface area contributed by atoms with Crippen molar-refractivity contribution in [1.82, 2.24) is 0 Å². The maximum absolute atomic E-state index is 5.21.